The summed E-state index contributed by atoms with van der Waals surface area (Å²) in [4.78, 5) is 11.6. The van der Waals surface area contributed by atoms with E-state index < -0.39 is 0 Å². The highest BCUT2D eigenvalue weighted by Gasteiger charge is 2.10. The van der Waals surface area contributed by atoms with Crippen LogP contribution in [0.1, 0.15) is 24.5 Å². The standard InChI is InChI=1S/C14H21NO3/c1-4-12(8-16)15-14(17)9-18-13-6-5-10(2)7-11(13)3/h5-7,12,16H,4,8-9H2,1-3H3,(H,15,17)/t12-/m0/s1. The predicted molar refractivity (Wildman–Crippen MR) is 70.7 cm³/mol. The van der Waals surface area contributed by atoms with Crippen molar-refractivity contribution in [3.63, 3.8) is 0 Å². The smallest absolute Gasteiger partial charge is 0.258 e. The minimum absolute atomic E-state index is 0.0274. The largest absolute Gasteiger partial charge is 0.484 e. The lowest BCUT2D eigenvalue weighted by molar-refractivity contribution is -0.124. The van der Waals surface area contributed by atoms with Gasteiger partial charge in [-0.1, -0.05) is 24.6 Å². The second-order valence-electron chi connectivity index (χ2n) is 4.41. The van der Waals surface area contributed by atoms with Gasteiger partial charge in [-0.15, -0.1) is 0 Å². The zero-order valence-corrected chi connectivity index (χ0v) is 11.2. The van der Waals surface area contributed by atoms with E-state index in [0.717, 1.165) is 11.1 Å². The molecule has 0 saturated heterocycles. The van der Waals surface area contributed by atoms with Gasteiger partial charge in [0.05, 0.1) is 12.6 Å². The van der Waals surface area contributed by atoms with E-state index >= 15 is 0 Å². The summed E-state index contributed by atoms with van der Waals surface area (Å²) < 4.78 is 5.45. The van der Waals surface area contributed by atoms with E-state index in [1.54, 1.807) is 0 Å². The molecule has 0 unspecified atom stereocenters. The fourth-order valence-electron chi connectivity index (χ4n) is 1.65. The Hall–Kier alpha value is -1.55. The minimum atomic E-state index is -0.212. The fourth-order valence-corrected chi connectivity index (χ4v) is 1.65. The maximum Gasteiger partial charge on any atom is 0.258 e. The number of ether oxygens (including phenoxy) is 1. The molecule has 1 rings (SSSR count). The van der Waals surface area contributed by atoms with Crippen molar-refractivity contribution in [3.8, 4) is 5.75 Å². The molecule has 1 atom stereocenters. The molecule has 4 heteroatoms. The molecule has 0 spiro atoms. The van der Waals surface area contributed by atoms with Crippen LogP contribution >= 0.6 is 0 Å². The second-order valence-corrected chi connectivity index (χ2v) is 4.41. The average Bonchev–Trinajstić information content (AvgIpc) is 2.35. The van der Waals surface area contributed by atoms with Crippen LogP contribution in [0.4, 0.5) is 0 Å². The van der Waals surface area contributed by atoms with E-state index in [9.17, 15) is 4.79 Å². The molecule has 0 bridgehead atoms. The lowest BCUT2D eigenvalue weighted by Gasteiger charge is -2.15. The van der Waals surface area contributed by atoms with Gasteiger partial charge in [0.2, 0.25) is 0 Å². The first-order valence-corrected chi connectivity index (χ1v) is 6.17. The van der Waals surface area contributed by atoms with Crippen molar-refractivity contribution in [2.24, 2.45) is 0 Å². The number of carbonyl (C=O) groups is 1. The molecule has 100 valence electrons. The van der Waals surface area contributed by atoms with Crippen molar-refractivity contribution in [3.05, 3.63) is 29.3 Å². The predicted octanol–water partition coefficient (Wildman–Crippen LogP) is 1.57. The number of aliphatic hydroxyl groups excluding tert-OH is 1. The summed E-state index contributed by atoms with van der Waals surface area (Å²) >= 11 is 0. The van der Waals surface area contributed by atoms with Gasteiger partial charge in [0.25, 0.3) is 5.91 Å². The number of benzene rings is 1. The van der Waals surface area contributed by atoms with Gasteiger partial charge < -0.3 is 15.2 Å². The highest BCUT2D eigenvalue weighted by atomic mass is 16.5. The number of amides is 1. The Morgan fingerprint density at radius 3 is 2.72 bits per heavy atom. The van der Waals surface area contributed by atoms with Gasteiger partial charge in [-0.25, -0.2) is 0 Å². The Kier molecular flexibility index (Phi) is 5.65. The van der Waals surface area contributed by atoms with Crippen molar-refractivity contribution < 1.29 is 14.6 Å². The topological polar surface area (TPSA) is 58.6 Å². The van der Waals surface area contributed by atoms with Crippen LogP contribution in [0.2, 0.25) is 0 Å². The maximum absolute atomic E-state index is 11.6. The molecule has 0 aliphatic rings. The Bertz CT molecular complexity index is 400. The number of hydrogen-bond acceptors (Lipinski definition) is 3. The molecule has 0 aromatic heterocycles. The molecular weight excluding hydrogens is 230 g/mol. The van der Waals surface area contributed by atoms with Crippen molar-refractivity contribution in [1.82, 2.24) is 5.32 Å². The first-order valence-electron chi connectivity index (χ1n) is 6.17. The van der Waals surface area contributed by atoms with Crippen molar-refractivity contribution in [2.45, 2.75) is 33.2 Å². The Balaban J connectivity index is 2.47. The molecule has 0 fully saturated rings. The van der Waals surface area contributed by atoms with Gasteiger partial charge in [-0.05, 0) is 31.9 Å². The number of rotatable bonds is 6. The number of nitrogens with one attached hydrogen (secondary N) is 1. The third kappa shape index (κ3) is 4.37. The zero-order valence-electron chi connectivity index (χ0n) is 11.2. The van der Waals surface area contributed by atoms with E-state index in [1.807, 2.05) is 39.0 Å². The average molecular weight is 251 g/mol. The highest BCUT2D eigenvalue weighted by Crippen LogP contribution is 2.18. The first-order chi connectivity index (χ1) is 8.56. The van der Waals surface area contributed by atoms with Crippen LogP contribution in [0, 0.1) is 13.8 Å². The Morgan fingerprint density at radius 1 is 1.44 bits per heavy atom. The lowest BCUT2D eigenvalue weighted by atomic mass is 10.1. The molecule has 0 aliphatic heterocycles. The molecule has 0 radical (unpaired) electrons. The molecule has 0 heterocycles. The molecule has 2 N–H and O–H groups in total. The van der Waals surface area contributed by atoms with E-state index in [0.29, 0.717) is 12.2 Å². The molecule has 0 saturated carbocycles. The summed E-state index contributed by atoms with van der Waals surface area (Å²) in [6, 6.07) is 5.63. The van der Waals surface area contributed by atoms with Gasteiger partial charge in [0.1, 0.15) is 5.75 Å². The summed E-state index contributed by atoms with van der Waals surface area (Å²) in [7, 11) is 0. The van der Waals surface area contributed by atoms with E-state index in [4.69, 9.17) is 9.84 Å². The normalized spacial score (nSPS) is 12.0. The van der Waals surface area contributed by atoms with Crippen LogP contribution < -0.4 is 10.1 Å². The van der Waals surface area contributed by atoms with Crippen LogP contribution in [-0.2, 0) is 4.79 Å². The van der Waals surface area contributed by atoms with Gasteiger partial charge in [0, 0.05) is 0 Å². The summed E-state index contributed by atoms with van der Waals surface area (Å²) in [6.45, 7) is 5.79. The molecule has 4 nitrogen and oxygen atoms in total. The summed E-state index contributed by atoms with van der Waals surface area (Å²) in [6.07, 6.45) is 0.700. The van der Waals surface area contributed by atoms with Crippen LogP contribution in [-0.4, -0.2) is 30.3 Å². The summed E-state index contributed by atoms with van der Waals surface area (Å²) in [5.74, 6) is 0.503. The van der Waals surface area contributed by atoms with Gasteiger partial charge in [-0.3, -0.25) is 4.79 Å². The third-order valence-electron chi connectivity index (χ3n) is 2.77. The molecule has 0 aliphatic carbocycles. The monoisotopic (exact) mass is 251 g/mol. The van der Waals surface area contributed by atoms with E-state index in [-0.39, 0.29) is 25.2 Å². The van der Waals surface area contributed by atoms with Crippen LogP contribution in [0.15, 0.2) is 18.2 Å². The number of aryl methyl sites for hydroxylation is 2. The SMILES string of the molecule is CC[C@@H](CO)NC(=O)COc1ccc(C)cc1C. The van der Waals surface area contributed by atoms with Gasteiger partial charge in [0.15, 0.2) is 6.61 Å². The Morgan fingerprint density at radius 2 is 2.17 bits per heavy atom. The van der Waals surface area contributed by atoms with Crippen LogP contribution in [0.5, 0.6) is 5.75 Å². The maximum atomic E-state index is 11.6. The van der Waals surface area contributed by atoms with E-state index in [2.05, 4.69) is 5.32 Å². The van der Waals surface area contributed by atoms with Gasteiger partial charge >= 0.3 is 0 Å². The van der Waals surface area contributed by atoms with E-state index in [1.165, 1.54) is 0 Å². The molecule has 18 heavy (non-hydrogen) atoms. The first kappa shape index (κ1) is 14.5. The number of aliphatic hydroxyl groups is 1. The number of carbonyl (C=O) groups excluding carboxylic acids is 1. The van der Waals surface area contributed by atoms with Crippen LogP contribution in [0.3, 0.4) is 0 Å². The van der Waals surface area contributed by atoms with Crippen molar-refractivity contribution >= 4 is 5.91 Å². The quantitative estimate of drug-likeness (QED) is 0.807. The summed E-state index contributed by atoms with van der Waals surface area (Å²) in [5.41, 5.74) is 2.17. The zero-order chi connectivity index (χ0) is 13.5. The molecule has 1 aromatic carbocycles. The highest BCUT2D eigenvalue weighted by molar-refractivity contribution is 5.77. The Labute approximate surface area is 108 Å². The molecule has 1 amide bonds. The van der Waals surface area contributed by atoms with Gasteiger partial charge in [-0.2, -0.15) is 0 Å². The second kappa shape index (κ2) is 7.01. The molecule has 1 aromatic rings. The lowest BCUT2D eigenvalue weighted by Crippen LogP contribution is -2.39. The van der Waals surface area contributed by atoms with Crippen LogP contribution in [0.25, 0.3) is 0 Å². The summed E-state index contributed by atoms with van der Waals surface area (Å²) in [5, 5.41) is 11.7. The fraction of sp³-hybridized carbons (Fsp3) is 0.500. The third-order valence-corrected chi connectivity index (χ3v) is 2.77. The molecular formula is C14H21NO3. The van der Waals surface area contributed by atoms with Crippen molar-refractivity contribution in [1.29, 1.82) is 0 Å². The minimum Gasteiger partial charge on any atom is -0.484 e. The van der Waals surface area contributed by atoms with Crippen molar-refractivity contribution in [2.75, 3.05) is 13.2 Å². The number of hydrogen-bond donors (Lipinski definition) is 2.